The number of sulfone groups is 2. The van der Waals surface area contributed by atoms with E-state index in [2.05, 4.69) is 105 Å². The fourth-order valence-corrected chi connectivity index (χ4v) is 9.93. The third kappa shape index (κ3) is 9.61. The average molecular weight is 923 g/mol. The molecule has 6 aromatic carbocycles. The summed E-state index contributed by atoms with van der Waals surface area (Å²) in [6.07, 6.45) is 7.49. The van der Waals surface area contributed by atoms with E-state index in [1.165, 1.54) is 21.5 Å². The van der Waals surface area contributed by atoms with Crippen molar-refractivity contribution in [2.75, 3.05) is 0 Å². The molecule has 1 radical (unpaired) electrons. The van der Waals surface area contributed by atoms with Crippen LogP contribution in [0.15, 0.2) is 228 Å². The molecule has 14 heteroatoms. The van der Waals surface area contributed by atoms with Crippen LogP contribution in [0.4, 0.5) is 0 Å². The Kier molecular flexibility index (Phi) is 14.6. The number of aromatic nitrogens is 2. The van der Waals surface area contributed by atoms with Gasteiger partial charge in [-0.1, -0.05) is 91.2 Å². The Morgan fingerprint density at radius 1 is 0.554 bits per heavy atom. The average Bonchev–Trinajstić information content (AvgIpc) is 3.86. The van der Waals surface area contributed by atoms with Gasteiger partial charge in [0, 0.05) is 38.5 Å². The number of nitrogens with zero attached hydrogens (tertiary/aromatic N) is 3. The van der Waals surface area contributed by atoms with Crippen LogP contribution in [0.3, 0.4) is 0 Å². The molecule has 1 atom stereocenters. The number of rotatable bonds is 7. The van der Waals surface area contributed by atoms with Crippen LogP contribution in [-0.2, 0) is 24.4 Å². The van der Waals surface area contributed by atoms with E-state index >= 15 is 0 Å². The summed E-state index contributed by atoms with van der Waals surface area (Å²) in [5, 5.41) is 4.69. The molecule has 2 aliphatic carbocycles. The summed E-state index contributed by atoms with van der Waals surface area (Å²) in [4.78, 5) is 0.772. The molecule has 317 valence electrons. The van der Waals surface area contributed by atoms with Crippen LogP contribution in [0.5, 0.6) is 0 Å². The van der Waals surface area contributed by atoms with Gasteiger partial charge < -0.3 is 9.13 Å². The van der Waals surface area contributed by atoms with Gasteiger partial charge in [0.15, 0.2) is 0 Å². The van der Waals surface area contributed by atoms with Gasteiger partial charge in [0.2, 0.25) is 19.7 Å². The maximum absolute atomic E-state index is 13.0. The Hall–Kier alpha value is -6.59. The number of benzene rings is 6. The van der Waals surface area contributed by atoms with Crippen molar-refractivity contribution in [2.45, 2.75) is 30.1 Å². The molecule has 0 bridgehead atoms. The van der Waals surface area contributed by atoms with Gasteiger partial charge in [0.25, 0.3) is 0 Å². The molecule has 0 saturated carbocycles. The van der Waals surface area contributed by atoms with Crippen molar-refractivity contribution in [3.05, 3.63) is 214 Å². The first-order valence-corrected chi connectivity index (χ1v) is 24.2. The van der Waals surface area contributed by atoms with E-state index in [-0.39, 0.29) is 19.6 Å². The van der Waals surface area contributed by atoms with Gasteiger partial charge >= 0.3 is 45.4 Å². The van der Waals surface area contributed by atoms with E-state index in [0.717, 1.165) is 51.0 Å². The van der Waals surface area contributed by atoms with E-state index in [9.17, 15) is 16.8 Å². The zero-order valence-corrected chi connectivity index (χ0v) is 38.9. The van der Waals surface area contributed by atoms with E-state index < -0.39 is 19.7 Å². The van der Waals surface area contributed by atoms with Crippen LogP contribution >= 0.6 is 21.9 Å². The first-order valence-electron chi connectivity index (χ1n) is 20.2. The van der Waals surface area contributed by atoms with Crippen molar-refractivity contribution in [3.8, 4) is 11.4 Å². The number of allylic oxidation sites excluding steroid dienone is 6. The minimum absolute atomic E-state index is 0.132. The molecular formula is C51H39B2N3O5PS3. The topological polar surface area (TPSA) is 108 Å². The van der Waals surface area contributed by atoms with E-state index in [0.29, 0.717) is 6.87 Å². The third-order valence-corrected chi connectivity index (χ3v) is 14.0. The molecule has 8 nitrogen and oxygen atoms in total. The van der Waals surface area contributed by atoms with Crippen molar-refractivity contribution in [2.24, 2.45) is 4.30 Å². The van der Waals surface area contributed by atoms with Crippen molar-refractivity contribution in [3.63, 3.8) is 0 Å². The van der Waals surface area contributed by atoms with Crippen LogP contribution < -0.4 is 0 Å². The van der Waals surface area contributed by atoms with Crippen molar-refractivity contribution < 1.29 is 21.5 Å². The van der Waals surface area contributed by atoms with Crippen LogP contribution in [0.25, 0.3) is 55.0 Å². The Morgan fingerprint density at radius 2 is 0.877 bits per heavy atom. The van der Waals surface area contributed by atoms with Gasteiger partial charge in [0.1, 0.15) is 9.81 Å². The molecule has 2 heterocycles. The Morgan fingerprint density at radius 3 is 1.17 bits per heavy atom. The van der Waals surface area contributed by atoms with Crippen molar-refractivity contribution in [1.82, 2.24) is 9.13 Å². The number of fused-ring (bicyclic) bond motifs is 6. The predicted molar refractivity (Wildman–Crippen MR) is 272 cm³/mol. The normalized spacial score (nSPS) is 12.7. The van der Waals surface area contributed by atoms with E-state index in [4.69, 9.17) is 4.70 Å². The second-order valence-electron chi connectivity index (χ2n) is 14.4. The zero-order valence-electron chi connectivity index (χ0n) is 35.3. The molecular weight excluding hydrogens is 883 g/mol. The summed E-state index contributed by atoms with van der Waals surface area (Å²) in [6, 6.07) is 47.0. The molecule has 0 amide bonds. The molecule has 8 aromatic rings. The summed E-state index contributed by atoms with van der Waals surface area (Å²) in [5.74, 6) is 0. The first kappa shape index (κ1) is 46.4. The number of hydrogen-bond donors (Lipinski definition) is 1. The molecule has 10 rings (SSSR count). The molecule has 0 spiro atoms. The molecule has 2 aliphatic rings. The quantitative estimate of drug-likeness (QED) is 0.0741. The van der Waals surface area contributed by atoms with Crippen LogP contribution in [-0.4, -0.2) is 40.5 Å². The molecule has 0 saturated heterocycles. The van der Waals surface area contributed by atoms with Gasteiger partial charge in [-0.05, 0) is 127 Å². The summed E-state index contributed by atoms with van der Waals surface area (Å²) < 4.78 is 67.6. The van der Waals surface area contributed by atoms with Gasteiger partial charge in [0.05, 0.1) is 31.9 Å². The summed E-state index contributed by atoms with van der Waals surface area (Å²) in [7, 11) is -1.02. The molecule has 0 N–H and O–H groups in total. The monoisotopic (exact) mass is 922 g/mol. The second kappa shape index (κ2) is 20.5. The summed E-state index contributed by atoms with van der Waals surface area (Å²) in [6.45, 7) is 4.52. The zero-order chi connectivity index (χ0) is 46.1. The Balaban J connectivity index is 0.000000173. The number of thiol groups is 1. The maximum atomic E-state index is 13.0. The van der Waals surface area contributed by atoms with Crippen LogP contribution in [0, 0.1) is 0 Å². The SMILES string of the molecule is CC1=C=C=C(S(=O)(=O)c2ccc(-n3c4ccccc4c4ccccc43)cc2)C=C1.CCC1=C=C=C(S(=O)(=O)c2ccc(-n3c4ccccc4c4ccccc43)cc2)C=C1.O=BP.[B]=NS. The summed E-state index contributed by atoms with van der Waals surface area (Å²) >= 11 is 3.19. The van der Waals surface area contributed by atoms with Gasteiger partial charge in [-0.3, -0.25) is 0 Å². The molecule has 0 fully saturated rings. The summed E-state index contributed by atoms with van der Waals surface area (Å²) in [5.41, 5.74) is 19.3. The predicted octanol–water partition coefficient (Wildman–Crippen LogP) is 11.8. The number of para-hydroxylation sites is 4. The first-order chi connectivity index (χ1) is 31.5. The van der Waals surface area contributed by atoms with Gasteiger partial charge in [-0.2, -0.15) is 0 Å². The van der Waals surface area contributed by atoms with Crippen LogP contribution in [0.2, 0.25) is 0 Å². The van der Waals surface area contributed by atoms with Crippen LogP contribution in [0.1, 0.15) is 20.3 Å². The standard InChI is InChI=1S/C26H19NO2S.C25H17NO2S.BHNS.BH2OP/c1-2-19-11-15-21(16-12-19)30(28,29)22-17-13-20(14-18-22)27-25-9-5-3-7-23(25)24-8-4-6-10-26(24)27;1-18-10-14-20(15-11-18)29(27,28)21-16-12-19(13-17-21)26-24-8-4-2-6-22(24)23-7-3-5-9-25(23)26;1-2-3;2-1-3/h3-11,13-15,17-18H,2H2,1H3;2-10,12-14,16-17H,1H3;3H;3H2. The third-order valence-electron chi connectivity index (χ3n) is 10.6. The van der Waals surface area contributed by atoms with Crippen molar-refractivity contribution >= 4 is 99.7 Å². The van der Waals surface area contributed by atoms with Crippen molar-refractivity contribution in [1.29, 1.82) is 0 Å². The molecule has 1 unspecified atom stereocenters. The Bertz CT molecular complexity index is 3560. The fourth-order valence-electron chi connectivity index (χ4n) is 7.57. The molecule has 2 aromatic heterocycles. The minimum atomic E-state index is -3.63. The molecule has 0 aliphatic heterocycles. The number of hydrogen-bond acceptors (Lipinski definition) is 7. The van der Waals surface area contributed by atoms with E-state index in [1.54, 1.807) is 48.6 Å². The van der Waals surface area contributed by atoms with Gasteiger partial charge in [-0.15, -0.1) is 0 Å². The van der Waals surface area contributed by atoms with E-state index in [1.807, 2.05) is 95.8 Å². The fraction of sp³-hybridized carbons (Fsp3) is 0.0588. The molecule has 65 heavy (non-hydrogen) atoms. The van der Waals surface area contributed by atoms with Gasteiger partial charge in [-0.25, -0.2) is 16.8 Å². The Labute approximate surface area is 387 Å². The second-order valence-corrected chi connectivity index (χ2v) is 18.8.